The molecule has 15 heavy (non-hydrogen) atoms. The van der Waals surface area contributed by atoms with Gasteiger partial charge in [-0.15, -0.1) is 0 Å². The number of aliphatic hydroxyl groups is 1. The minimum Gasteiger partial charge on any atom is -0.390 e. The fourth-order valence-corrected chi connectivity index (χ4v) is 2.53. The normalized spacial score (nSPS) is 21.0. The highest BCUT2D eigenvalue weighted by Gasteiger charge is 2.28. The number of rotatable bonds is 8. The summed E-state index contributed by atoms with van der Waals surface area (Å²) in [6.45, 7) is 4.28. The van der Waals surface area contributed by atoms with Crippen LogP contribution in [0.4, 0.5) is 0 Å². The molecule has 0 aromatic rings. The summed E-state index contributed by atoms with van der Waals surface area (Å²) >= 11 is 0. The van der Waals surface area contributed by atoms with Crippen molar-refractivity contribution in [2.45, 2.75) is 83.7 Å². The van der Waals surface area contributed by atoms with Crippen molar-refractivity contribution in [3.63, 3.8) is 0 Å². The maximum Gasteiger partial charge on any atom is 0.0622 e. The first-order chi connectivity index (χ1) is 7.14. The van der Waals surface area contributed by atoms with E-state index in [9.17, 15) is 5.11 Å². The molecule has 0 spiro atoms. The van der Waals surface area contributed by atoms with Gasteiger partial charge in [0.25, 0.3) is 0 Å². The van der Waals surface area contributed by atoms with Crippen molar-refractivity contribution in [1.29, 1.82) is 0 Å². The van der Waals surface area contributed by atoms with Crippen molar-refractivity contribution in [1.82, 2.24) is 0 Å². The molecule has 0 aromatic carbocycles. The molecule has 90 valence electrons. The van der Waals surface area contributed by atoms with Crippen LogP contribution in [0.15, 0.2) is 0 Å². The van der Waals surface area contributed by atoms with Gasteiger partial charge in [-0.1, -0.05) is 58.3 Å². The first kappa shape index (κ1) is 13.0. The average Bonchev–Trinajstić information content (AvgIpc) is 2.12. The minimum absolute atomic E-state index is 0.378. The molecule has 1 fully saturated rings. The molecule has 0 aromatic heterocycles. The Kier molecular flexibility index (Phi) is 5.66. The van der Waals surface area contributed by atoms with Crippen molar-refractivity contribution < 1.29 is 5.11 Å². The average molecular weight is 212 g/mol. The SMILES string of the molecule is CCCCCCCC(C)(O)CC1CCC1. The van der Waals surface area contributed by atoms with Gasteiger partial charge in [0.2, 0.25) is 0 Å². The van der Waals surface area contributed by atoms with Crippen LogP contribution in [0.25, 0.3) is 0 Å². The Morgan fingerprint density at radius 3 is 2.33 bits per heavy atom. The molecule has 1 aliphatic carbocycles. The van der Waals surface area contributed by atoms with Gasteiger partial charge in [-0.2, -0.15) is 0 Å². The van der Waals surface area contributed by atoms with Crippen LogP contribution >= 0.6 is 0 Å². The zero-order valence-corrected chi connectivity index (χ0v) is 10.6. The lowest BCUT2D eigenvalue weighted by Crippen LogP contribution is -2.30. The third kappa shape index (κ3) is 5.55. The van der Waals surface area contributed by atoms with Crippen LogP contribution in [-0.4, -0.2) is 10.7 Å². The van der Waals surface area contributed by atoms with E-state index >= 15 is 0 Å². The molecule has 0 heterocycles. The van der Waals surface area contributed by atoms with E-state index in [1.54, 1.807) is 0 Å². The second kappa shape index (κ2) is 6.52. The van der Waals surface area contributed by atoms with Gasteiger partial charge in [-0.05, 0) is 25.7 Å². The van der Waals surface area contributed by atoms with E-state index in [-0.39, 0.29) is 5.60 Å². The Bertz CT molecular complexity index is 159. The van der Waals surface area contributed by atoms with Gasteiger partial charge in [-0.3, -0.25) is 0 Å². The molecule has 1 rings (SSSR count). The molecule has 1 heteroatoms. The van der Waals surface area contributed by atoms with Gasteiger partial charge in [-0.25, -0.2) is 0 Å². The van der Waals surface area contributed by atoms with Crippen LogP contribution in [0, 0.1) is 5.92 Å². The summed E-state index contributed by atoms with van der Waals surface area (Å²) in [4.78, 5) is 0. The Morgan fingerprint density at radius 2 is 1.80 bits per heavy atom. The molecule has 1 atom stereocenters. The highest BCUT2D eigenvalue weighted by atomic mass is 16.3. The molecule has 1 unspecified atom stereocenters. The van der Waals surface area contributed by atoms with E-state index in [1.807, 2.05) is 6.92 Å². The lowest BCUT2D eigenvalue weighted by Gasteiger charge is -2.33. The van der Waals surface area contributed by atoms with Gasteiger partial charge in [0, 0.05) is 0 Å². The topological polar surface area (TPSA) is 20.2 Å². The van der Waals surface area contributed by atoms with Crippen LogP contribution in [-0.2, 0) is 0 Å². The number of unbranched alkanes of at least 4 members (excludes halogenated alkanes) is 4. The second-order valence-electron chi connectivity index (χ2n) is 5.66. The lowest BCUT2D eigenvalue weighted by molar-refractivity contribution is 0.0103. The van der Waals surface area contributed by atoms with Gasteiger partial charge < -0.3 is 5.11 Å². The Morgan fingerprint density at radius 1 is 1.13 bits per heavy atom. The smallest absolute Gasteiger partial charge is 0.0622 e. The molecule has 0 bridgehead atoms. The molecule has 0 amide bonds. The Hall–Kier alpha value is -0.0400. The summed E-state index contributed by atoms with van der Waals surface area (Å²) in [6, 6.07) is 0. The fraction of sp³-hybridized carbons (Fsp3) is 1.00. The summed E-state index contributed by atoms with van der Waals surface area (Å²) in [6.07, 6.45) is 12.6. The van der Waals surface area contributed by atoms with Crippen molar-refractivity contribution >= 4 is 0 Å². The van der Waals surface area contributed by atoms with Crippen molar-refractivity contribution in [3.8, 4) is 0 Å². The van der Waals surface area contributed by atoms with Crippen LogP contribution in [0.5, 0.6) is 0 Å². The van der Waals surface area contributed by atoms with E-state index in [4.69, 9.17) is 0 Å². The van der Waals surface area contributed by atoms with Crippen LogP contribution in [0.1, 0.15) is 78.1 Å². The van der Waals surface area contributed by atoms with E-state index in [0.29, 0.717) is 0 Å². The summed E-state index contributed by atoms with van der Waals surface area (Å²) in [7, 11) is 0. The quantitative estimate of drug-likeness (QED) is 0.595. The molecule has 1 N–H and O–H groups in total. The summed E-state index contributed by atoms with van der Waals surface area (Å²) < 4.78 is 0. The summed E-state index contributed by atoms with van der Waals surface area (Å²) in [5.41, 5.74) is -0.378. The first-order valence-corrected chi connectivity index (χ1v) is 6.86. The standard InChI is InChI=1S/C14H28O/c1-3-4-5-6-7-11-14(2,15)12-13-9-8-10-13/h13,15H,3-12H2,1-2H3. The predicted molar refractivity (Wildman–Crippen MR) is 66.0 cm³/mol. The third-order valence-corrected chi connectivity index (χ3v) is 3.77. The number of hydrogen-bond donors (Lipinski definition) is 1. The van der Waals surface area contributed by atoms with Gasteiger partial charge in [0.05, 0.1) is 5.60 Å². The molecule has 1 aliphatic rings. The maximum absolute atomic E-state index is 10.2. The monoisotopic (exact) mass is 212 g/mol. The molecular weight excluding hydrogens is 184 g/mol. The molecule has 0 radical (unpaired) electrons. The minimum atomic E-state index is -0.378. The molecular formula is C14H28O. The van der Waals surface area contributed by atoms with E-state index in [0.717, 1.165) is 18.8 Å². The van der Waals surface area contributed by atoms with Crippen LogP contribution < -0.4 is 0 Å². The first-order valence-electron chi connectivity index (χ1n) is 6.86. The Balaban J connectivity index is 2.01. The lowest BCUT2D eigenvalue weighted by atomic mass is 9.76. The molecule has 0 saturated heterocycles. The fourth-order valence-electron chi connectivity index (χ4n) is 2.53. The highest BCUT2D eigenvalue weighted by Crippen LogP contribution is 2.35. The second-order valence-corrected chi connectivity index (χ2v) is 5.66. The zero-order chi connectivity index (χ0) is 11.1. The molecule has 1 saturated carbocycles. The van der Waals surface area contributed by atoms with Gasteiger partial charge >= 0.3 is 0 Å². The maximum atomic E-state index is 10.2. The van der Waals surface area contributed by atoms with Crippen molar-refractivity contribution in [2.24, 2.45) is 5.92 Å². The van der Waals surface area contributed by atoms with E-state index < -0.39 is 0 Å². The molecule has 1 nitrogen and oxygen atoms in total. The zero-order valence-electron chi connectivity index (χ0n) is 10.6. The van der Waals surface area contributed by atoms with Crippen LogP contribution in [0.2, 0.25) is 0 Å². The number of hydrogen-bond acceptors (Lipinski definition) is 1. The van der Waals surface area contributed by atoms with Gasteiger partial charge in [0.15, 0.2) is 0 Å². The molecule has 0 aliphatic heterocycles. The summed E-state index contributed by atoms with van der Waals surface area (Å²) in [5.74, 6) is 0.829. The Labute approximate surface area is 95.3 Å². The van der Waals surface area contributed by atoms with E-state index in [2.05, 4.69) is 6.92 Å². The van der Waals surface area contributed by atoms with Gasteiger partial charge in [0.1, 0.15) is 0 Å². The van der Waals surface area contributed by atoms with Crippen LogP contribution in [0.3, 0.4) is 0 Å². The largest absolute Gasteiger partial charge is 0.390 e. The van der Waals surface area contributed by atoms with E-state index in [1.165, 1.54) is 51.4 Å². The predicted octanol–water partition coefficient (Wildman–Crippen LogP) is 4.29. The highest BCUT2D eigenvalue weighted by molar-refractivity contribution is 4.81. The van der Waals surface area contributed by atoms with Crippen molar-refractivity contribution in [3.05, 3.63) is 0 Å². The van der Waals surface area contributed by atoms with Crippen molar-refractivity contribution in [2.75, 3.05) is 0 Å². The summed E-state index contributed by atoms with van der Waals surface area (Å²) in [5, 5.41) is 10.2. The third-order valence-electron chi connectivity index (χ3n) is 3.77.